The first-order valence-electron chi connectivity index (χ1n) is 10.2. The monoisotopic (exact) mass is 401 g/mol. The Morgan fingerprint density at radius 1 is 1.21 bits per heavy atom. The molecule has 0 saturated carbocycles. The molecule has 1 aromatic heterocycles. The Balaban J connectivity index is 1.94. The highest BCUT2D eigenvalue weighted by Gasteiger charge is 2.07. The van der Waals surface area contributed by atoms with E-state index < -0.39 is 0 Å². The molecule has 0 fully saturated rings. The lowest BCUT2D eigenvalue weighted by molar-refractivity contribution is 0.195. The summed E-state index contributed by atoms with van der Waals surface area (Å²) in [7, 11) is 3.68. The highest BCUT2D eigenvalue weighted by molar-refractivity contribution is 5.79. The van der Waals surface area contributed by atoms with Crippen LogP contribution in [0, 0.1) is 13.8 Å². The Morgan fingerprint density at radius 3 is 2.66 bits per heavy atom. The van der Waals surface area contributed by atoms with Crippen molar-refractivity contribution in [2.24, 2.45) is 12.0 Å². The summed E-state index contributed by atoms with van der Waals surface area (Å²) in [6, 6.07) is 8.61. The maximum absolute atomic E-state index is 5.13. The number of nitrogens with zero attached hydrogens (tertiary/aromatic N) is 5. The molecule has 1 heterocycles. The number of aryl methyl sites for hydroxylation is 2. The summed E-state index contributed by atoms with van der Waals surface area (Å²) in [4.78, 5) is 7.04. The second kappa shape index (κ2) is 12.1. The zero-order valence-corrected chi connectivity index (χ0v) is 18.4. The maximum Gasteiger partial charge on any atom is 0.191 e. The SMILES string of the molecule is CCN(CCNC(=NCc1nnc(C)n1C)NCCCOC)c1cccc(C)c1. The van der Waals surface area contributed by atoms with Gasteiger partial charge in [0.2, 0.25) is 0 Å². The molecule has 0 amide bonds. The molecule has 8 heteroatoms. The zero-order valence-electron chi connectivity index (χ0n) is 18.4. The Morgan fingerprint density at radius 2 is 2.00 bits per heavy atom. The smallest absolute Gasteiger partial charge is 0.191 e. The van der Waals surface area contributed by atoms with Gasteiger partial charge in [0, 0.05) is 52.6 Å². The van der Waals surface area contributed by atoms with Crippen molar-refractivity contribution < 1.29 is 4.74 Å². The molecule has 2 N–H and O–H groups in total. The van der Waals surface area contributed by atoms with Crippen LogP contribution in [0.5, 0.6) is 0 Å². The summed E-state index contributed by atoms with van der Waals surface area (Å²) >= 11 is 0. The molecule has 2 rings (SSSR count). The summed E-state index contributed by atoms with van der Waals surface area (Å²) in [5.41, 5.74) is 2.52. The average molecular weight is 402 g/mol. The fraction of sp³-hybridized carbons (Fsp3) is 0.571. The number of benzene rings is 1. The molecule has 0 atom stereocenters. The van der Waals surface area contributed by atoms with Crippen LogP contribution in [0.4, 0.5) is 5.69 Å². The fourth-order valence-corrected chi connectivity index (χ4v) is 2.94. The summed E-state index contributed by atoms with van der Waals surface area (Å²) in [5.74, 6) is 2.51. The van der Waals surface area contributed by atoms with Gasteiger partial charge in [-0.05, 0) is 44.9 Å². The van der Waals surface area contributed by atoms with E-state index in [0.717, 1.165) is 56.8 Å². The molecule has 29 heavy (non-hydrogen) atoms. The summed E-state index contributed by atoms with van der Waals surface area (Å²) in [6.45, 7) is 10.9. The average Bonchev–Trinajstić information content (AvgIpc) is 3.04. The predicted molar refractivity (Wildman–Crippen MR) is 118 cm³/mol. The minimum Gasteiger partial charge on any atom is -0.385 e. The molecule has 0 unspecified atom stereocenters. The van der Waals surface area contributed by atoms with E-state index in [-0.39, 0.29) is 0 Å². The highest BCUT2D eigenvalue weighted by Crippen LogP contribution is 2.14. The lowest BCUT2D eigenvalue weighted by atomic mass is 10.2. The first-order chi connectivity index (χ1) is 14.0. The molecule has 1 aromatic carbocycles. The number of anilines is 1. The molecule has 0 bridgehead atoms. The number of rotatable bonds is 11. The van der Waals surface area contributed by atoms with Crippen LogP contribution in [0.2, 0.25) is 0 Å². The molecule has 8 nitrogen and oxygen atoms in total. The molecular formula is C21H35N7O. The van der Waals surface area contributed by atoms with Gasteiger partial charge in [-0.15, -0.1) is 10.2 Å². The second-order valence-electron chi connectivity index (χ2n) is 7.01. The summed E-state index contributed by atoms with van der Waals surface area (Å²) in [5, 5.41) is 15.1. The van der Waals surface area contributed by atoms with Crippen LogP contribution in [-0.4, -0.2) is 60.6 Å². The van der Waals surface area contributed by atoms with Crippen LogP contribution in [0.25, 0.3) is 0 Å². The van der Waals surface area contributed by atoms with Crippen molar-refractivity contribution in [3.05, 3.63) is 41.5 Å². The van der Waals surface area contributed by atoms with Crippen molar-refractivity contribution in [1.29, 1.82) is 0 Å². The van der Waals surface area contributed by atoms with E-state index in [4.69, 9.17) is 4.74 Å². The molecule has 0 aliphatic heterocycles. The minimum absolute atomic E-state index is 0.478. The maximum atomic E-state index is 5.13. The number of likely N-dealkylation sites (N-methyl/N-ethyl adjacent to an activating group) is 1. The minimum atomic E-state index is 0.478. The van der Waals surface area contributed by atoms with Crippen molar-refractivity contribution >= 4 is 11.6 Å². The van der Waals surface area contributed by atoms with Crippen molar-refractivity contribution in [2.45, 2.75) is 33.7 Å². The normalized spacial score (nSPS) is 11.6. The van der Waals surface area contributed by atoms with E-state index in [1.807, 2.05) is 18.5 Å². The zero-order chi connectivity index (χ0) is 21.1. The number of guanidine groups is 1. The number of methoxy groups -OCH3 is 1. The molecule has 0 saturated heterocycles. The van der Waals surface area contributed by atoms with E-state index in [0.29, 0.717) is 6.54 Å². The quantitative estimate of drug-likeness (QED) is 0.341. The van der Waals surface area contributed by atoms with Gasteiger partial charge in [0.05, 0.1) is 0 Å². The summed E-state index contributed by atoms with van der Waals surface area (Å²) in [6.07, 6.45) is 0.921. The van der Waals surface area contributed by atoms with Gasteiger partial charge in [-0.3, -0.25) is 0 Å². The Hall–Kier alpha value is -2.61. The molecular weight excluding hydrogens is 366 g/mol. The van der Waals surface area contributed by atoms with Crippen molar-refractivity contribution in [2.75, 3.05) is 44.8 Å². The molecule has 0 spiro atoms. The van der Waals surface area contributed by atoms with Gasteiger partial charge in [0.25, 0.3) is 0 Å². The Labute approximate surface area is 174 Å². The van der Waals surface area contributed by atoms with E-state index >= 15 is 0 Å². The largest absolute Gasteiger partial charge is 0.385 e. The second-order valence-corrected chi connectivity index (χ2v) is 7.01. The van der Waals surface area contributed by atoms with Gasteiger partial charge in [-0.1, -0.05) is 12.1 Å². The molecule has 160 valence electrons. The third kappa shape index (κ3) is 7.38. The number of hydrogen-bond donors (Lipinski definition) is 2. The highest BCUT2D eigenvalue weighted by atomic mass is 16.5. The van der Waals surface area contributed by atoms with E-state index in [1.165, 1.54) is 11.3 Å². The number of aromatic nitrogens is 3. The standard InChI is InChI=1S/C21H35N7O/c1-6-28(19-10-7-9-17(2)15-19)13-12-23-21(22-11-8-14-29-5)24-16-20-26-25-18(3)27(20)4/h7,9-10,15H,6,8,11-14,16H2,1-5H3,(H2,22,23,24). The van der Waals surface area contributed by atoms with Crippen LogP contribution in [0.1, 0.15) is 30.6 Å². The third-order valence-corrected chi connectivity index (χ3v) is 4.80. The van der Waals surface area contributed by atoms with Gasteiger partial charge in [-0.25, -0.2) is 4.99 Å². The molecule has 2 aromatic rings. The number of aliphatic imine (C=N–C) groups is 1. The van der Waals surface area contributed by atoms with Gasteiger partial charge < -0.3 is 24.8 Å². The first kappa shape index (κ1) is 22.7. The van der Waals surface area contributed by atoms with E-state index in [9.17, 15) is 0 Å². The Bertz CT molecular complexity index is 772. The summed E-state index contributed by atoms with van der Waals surface area (Å²) < 4.78 is 7.09. The number of hydrogen-bond acceptors (Lipinski definition) is 5. The van der Waals surface area contributed by atoms with E-state index in [2.05, 4.69) is 68.8 Å². The van der Waals surface area contributed by atoms with Crippen LogP contribution < -0.4 is 15.5 Å². The van der Waals surface area contributed by atoms with Gasteiger partial charge in [0.1, 0.15) is 12.4 Å². The van der Waals surface area contributed by atoms with Crippen molar-refractivity contribution in [3.63, 3.8) is 0 Å². The number of ether oxygens (including phenoxy) is 1. The first-order valence-corrected chi connectivity index (χ1v) is 10.2. The topological polar surface area (TPSA) is 79.6 Å². The van der Waals surface area contributed by atoms with Crippen LogP contribution in [-0.2, 0) is 18.3 Å². The molecule has 0 aliphatic rings. The molecule has 0 aliphatic carbocycles. The number of nitrogens with one attached hydrogen (secondary N) is 2. The van der Waals surface area contributed by atoms with Crippen LogP contribution in [0.3, 0.4) is 0 Å². The van der Waals surface area contributed by atoms with Crippen LogP contribution >= 0.6 is 0 Å². The fourth-order valence-electron chi connectivity index (χ4n) is 2.94. The van der Waals surface area contributed by atoms with Gasteiger partial charge >= 0.3 is 0 Å². The lowest BCUT2D eigenvalue weighted by Gasteiger charge is -2.24. The lowest BCUT2D eigenvalue weighted by Crippen LogP contribution is -2.42. The van der Waals surface area contributed by atoms with Crippen molar-refractivity contribution in [1.82, 2.24) is 25.4 Å². The van der Waals surface area contributed by atoms with Crippen molar-refractivity contribution in [3.8, 4) is 0 Å². The third-order valence-electron chi connectivity index (χ3n) is 4.80. The predicted octanol–water partition coefficient (Wildman–Crippen LogP) is 2.03. The Kier molecular flexibility index (Phi) is 9.43. The van der Waals surface area contributed by atoms with Gasteiger partial charge in [-0.2, -0.15) is 0 Å². The van der Waals surface area contributed by atoms with E-state index in [1.54, 1.807) is 7.11 Å². The molecule has 0 radical (unpaired) electrons. The van der Waals surface area contributed by atoms with Crippen LogP contribution in [0.15, 0.2) is 29.3 Å². The van der Waals surface area contributed by atoms with Gasteiger partial charge in [0.15, 0.2) is 11.8 Å².